The van der Waals surface area contributed by atoms with Crippen molar-refractivity contribution in [3.05, 3.63) is 33.6 Å². The SMILES string of the molecule is O=C(O)CCCc1nnc(-c2cc(Cl)ccc2Br)o1. The molecule has 0 fully saturated rings. The van der Waals surface area contributed by atoms with Gasteiger partial charge in [-0.1, -0.05) is 11.6 Å². The van der Waals surface area contributed by atoms with E-state index in [1.165, 1.54) is 0 Å². The van der Waals surface area contributed by atoms with Crippen LogP contribution in [-0.4, -0.2) is 21.3 Å². The molecule has 1 aromatic heterocycles. The number of carboxylic acid groups (broad SMARTS) is 1. The van der Waals surface area contributed by atoms with Gasteiger partial charge < -0.3 is 9.52 Å². The first-order valence-corrected chi connectivity index (χ1v) is 6.73. The molecule has 19 heavy (non-hydrogen) atoms. The van der Waals surface area contributed by atoms with Crippen molar-refractivity contribution in [2.24, 2.45) is 0 Å². The summed E-state index contributed by atoms with van der Waals surface area (Å²) in [5.41, 5.74) is 0.712. The monoisotopic (exact) mass is 344 g/mol. The number of nitrogens with zero attached hydrogens (tertiary/aromatic N) is 2. The summed E-state index contributed by atoms with van der Waals surface area (Å²) in [6, 6.07) is 5.27. The van der Waals surface area contributed by atoms with E-state index in [-0.39, 0.29) is 6.42 Å². The molecule has 0 aliphatic heterocycles. The summed E-state index contributed by atoms with van der Waals surface area (Å²) in [4.78, 5) is 10.4. The first-order chi connectivity index (χ1) is 9.06. The lowest BCUT2D eigenvalue weighted by Crippen LogP contribution is -1.95. The van der Waals surface area contributed by atoms with Gasteiger partial charge in [0.05, 0.1) is 5.56 Å². The van der Waals surface area contributed by atoms with Crippen molar-refractivity contribution in [2.75, 3.05) is 0 Å². The molecule has 0 radical (unpaired) electrons. The average molecular weight is 346 g/mol. The summed E-state index contributed by atoms with van der Waals surface area (Å²) < 4.78 is 6.29. The van der Waals surface area contributed by atoms with Gasteiger partial charge in [0.25, 0.3) is 0 Å². The van der Waals surface area contributed by atoms with Gasteiger partial charge in [0, 0.05) is 22.3 Å². The van der Waals surface area contributed by atoms with E-state index < -0.39 is 5.97 Å². The van der Waals surface area contributed by atoms with Crippen molar-refractivity contribution in [3.63, 3.8) is 0 Å². The Morgan fingerprint density at radius 1 is 1.42 bits per heavy atom. The molecule has 1 aromatic carbocycles. The van der Waals surface area contributed by atoms with Crippen LogP contribution in [0.3, 0.4) is 0 Å². The third-order valence-corrected chi connectivity index (χ3v) is 3.33. The average Bonchev–Trinajstić information content (AvgIpc) is 2.80. The Labute approximate surface area is 122 Å². The molecule has 0 saturated heterocycles. The van der Waals surface area contributed by atoms with E-state index in [1.807, 2.05) is 0 Å². The van der Waals surface area contributed by atoms with E-state index in [9.17, 15) is 4.79 Å². The molecule has 2 rings (SSSR count). The molecule has 0 atom stereocenters. The highest BCUT2D eigenvalue weighted by Crippen LogP contribution is 2.30. The minimum Gasteiger partial charge on any atom is -0.481 e. The molecule has 0 amide bonds. The molecule has 1 N–H and O–H groups in total. The van der Waals surface area contributed by atoms with Gasteiger partial charge in [0.1, 0.15) is 0 Å². The number of aliphatic carboxylic acids is 1. The molecule has 1 heterocycles. The predicted molar refractivity (Wildman–Crippen MR) is 73.0 cm³/mol. The topological polar surface area (TPSA) is 76.2 Å². The number of aryl methyl sites for hydroxylation is 1. The van der Waals surface area contributed by atoms with E-state index in [0.29, 0.717) is 35.2 Å². The van der Waals surface area contributed by atoms with Crippen molar-refractivity contribution < 1.29 is 14.3 Å². The van der Waals surface area contributed by atoms with Crippen LogP contribution in [0.5, 0.6) is 0 Å². The highest BCUT2D eigenvalue weighted by atomic mass is 79.9. The second-order valence-electron chi connectivity index (χ2n) is 3.87. The van der Waals surface area contributed by atoms with Crippen LogP contribution in [0.25, 0.3) is 11.5 Å². The van der Waals surface area contributed by atoms with Gasteiger partial charge in [-0.15, -0.1) is 10.2 Å². The largest absolute Gasteiger partial charge is 0.481 e. The molecular weight excluding hydrogens is 336 g/mol. The number of hydrogen-bond donors (Lipinski definition) is 1. The highest BCUT2D eigenvalue weighted by molar-refractivity contribution is 9.10. The standard InChI is InChI=1S/C12H10BrClN2O3/c13-9-5-4-7(14)6-8(9)12-16-15-10(19-12)2-1-3-11(17)18/h4-6H,1-3H2,(H,17,18). The second-order valence-corrected chi connectivity index (χ2v) is 5.16. The Morgan fingerprint density at radius 3 is 2.95 bits per heavy atom. The van der Waals surface area contributed by atoms with Gasteiger partial charge in [-0.05, 0) is 40.5 Å². The summed E-state index contributed by atoms with van der Waals surface area (Å²) in [5, 5.41) is 16.9. The van der Waals surface area contributed by atoms with E-state index in [2.05, 4.69) is 26.1 Å². The fraction of sp³-hybridized carbons (Fsp3) is 0.250. The Bertz CT molecular complexity index is 600. The van der Waals surface area contributed by atoms with Crippen LogP contribution in [0.2, 0.25) is 5.02 Å². The first kappa shape index (κ1) is 14.0. The van der Waals surface area contributed by atoms with E-state index in [1.54, 1.807) is 18.2 Å². The number of carboxylic acids is 1. The normalized spacial score (nSPS) is 10.6. The number of rotatable bonds is 5. The Morgan fingerprint density at radius 2 is 2.21 bits per heavy atom. The summed E-state index contributed by atoms with van der Waals surface area (Å²) in [6.45, 7) is 0. The maximum absolute atomic E-state index is 10.4. The van der Waals surface area contributed by atoms with E-state index in [0.717, 1.165) is 4.47 Å². The summed E-state index contributed by atoms with van der Waals surface area (Å²) >= 11 is 9.30. The fourth-order valence-electron chi connectivity index (χ4n) is 1.52. The molecule has 0 saturated carbocycles. The minimum absolute atomic E-state index is 0.0819. The smallest absolute Gasteiger partial charge is 0.303 e. The third kappa shape index (κ3) is 3.78. The Balaban J connectivity index is 2.12. The molecular formula is C12H10BrClN2O3. The molecule has 0 bridgehead atoms. The van der Waals surface area contributed by atoms with Gasteiger partial charge in [-0.3, -0.25) is 4.79 Å². The summed E-state index contributed by atoms with van der Waals surface area (Å²) in [6.07, 6.45) is 0.990. The fourth-order valence-corrected chi connectivity index (χ4v) is 2.10. The molecule has 7 heteroatoms. The van der Waals surface area contributed by atoms with Crippen LogP contribution in [0, 0.1) is 0 Å². The molecule has 0 aliphatic rings. The summed E-state index contributed by atoms with van der Waals surface area (Å²) in [7, 11) is 0. The molecule has 2 aromatic rings. The first-order valence-electron chi connectivity index (χ1n) is 5.56. The van der Waals surface area contributed by atoms with Gasteiger partial charge in [-0.2, -0.15) is 0 Å². The summed E-state index contributed by atoms with van der Waals surface area (Å²) in [5.74, 6) is -0.0554. The maximum Gasteiger partial charge on any atom is 0.303 e. The Hall–Kier alpha value is -1.40. The van der Waals surface area contributed by atoms with Crippen molar-refractivity contribution >= 4 is 33.5 Å². The highest BCUT2D eigenvalue weighted by Gasteiger charge is 2.12. The number of aromatic nitrogens is 2. The van der Waals surface area contributed by atoms with Gasteiger partial charge >= 0.3 is 5.97 Å². The van der Waals surface area contributed by atoms with E-state index in [4.69, 9.17) is 21.1 Å². The predicted octanol–water partition coefficient (Wildman–Crippen LogP) is 3.56. The van der Waals surface area contributed by atoms with Crippen molar-refractivity contribution in [2.45, 2.75) is 19.3 Å². The van der Waals surface area contributed by atoms with Crippen LogP contribution < -0.4 is 0 Å². The van der Waals surface area contributed by atoms with Crippen LogP contribution in [-0.2, 0) is 11.2 Å². The Kier molecular flexibility index (Phi) is 4.55. The van der Waals surface area contributed by atoms with Crippen molar-refractivity contribution in [1.29, 1.82) is 0 Å². The van der Waals surface area contributed by atoms with Crippen LogP contribution in [0.1, 0.15) is 18.7 Å². The van der Waals surface area contributed by atoms with Gasteiger partial charge in [0.2, 0.25) is 11.8 Å². The number of hydrogen-bond acceptors (Lipinski definition) is 4. The molecule has 0 unspecified atom stereocenters. The number of carbonyl (C=O) groups is 1. The second kappa shape index (κ2) is 6.16. The number of halogens is 2. The quantitative estimate of drug-likeness (QED) is 0.896. The third-order valence-electron chi connectivity index (χ3n) is 2.41. The maximum atomic E-state index is 10.4. The van der Waals surface area contributed by atoms with E-state index >= 15 is 0 Å². The molecule has 0 aliphatic carbocycles. The lowest BCUT2D eigenvalue weighted by Gasteiger charge is -1.99. The zero-order valence-corrected chi connectivity index (χ0v) is 12.1. The zero-order valence-electron chi connectivity index (χ0n) is 9.77. The van der Waals surface area contributed by atoms with Gasteiger partial charge in [-0.25, -0.2) is 0 Å². The number of benzene rings is 1. The molecule has 100 valence electrons. The molecule has 0 spiro atoms. The lowest BCUT2D eigenvalue weighted by atomic mass is 10.2. The van der Waals surface area contributed by atoms with Crippen molar-refractivity contribution in [1.82, 2.24) is 10.2 Å². The van der Waals surface area contributed by atoms with Crippen LogP contribution in [0.4, 0.5) is 0 Å². The minimum atomic E-state index is -0.836. The van der Waals surface area contributed by atoms with Gasteiger partial charge in [0.15, 0.2) is 0 Å². The molecule has 5 nitrogen and oxygen atoms in total. The zero-order chi connectivity index (χ0) is 13.8. The van der Waals surface area contributed by atoms with Crippen LogP contribution >= 0.6 is 27.5 Å². The van der Waals surface area contributed by atoms with Crippen molar-refractivity contribution in [3.8, 4) is 11.5 Å². The van der Waals surface area contributed by atoms with Crippen LogP contribution in [0.15, 0.2) is 27.1 Å². The lowest BCUT2D eigenvalue weighted by molar-refractivity contribution is -0.137.